The number of ether oxygens (including phenoxy) is 1. The summed E-state index contributed by atoms with van der Waals surface area (Å²) >= 11 is 0. The van der Waals surface area contributed by atoms with E-state index in [1.54, 1.807) is 24.3 Å². The van der Waals surface area contributed by atoms with E-state index in [0.717, 1.165) is 22.8 Å². The van der Waals surface area contributed by atoms with Crippen LogP contribution in [0.1, 0.15) is 22.3 Å². The first-order valence-electron chi connectivity index (χ1n) is 10.5. The number of benzene rings is 2. The van der Waals surface area contributed by atoms with Crippen LogP contribution >= 0.6 is 0 Å². The maximum atomic E-state index is 13.8. The first-order valence-corrected chi connectivity index (χ1v) is 10.5. The lowest BCUT2D eigenvalue weighted by Gasteiger charge is -2.19. The molecule has 0 bridgehead atoms. The molecule has 4 aromatic rings. The molecular weight excluding hydrogens is 457 g/mol. The van der Waals surface area contributed by atoms with Gasteiger partial charge in [-0.3, -0.25) is 9.78 Å². The highest BCUT2D eigenvalue weighted by Crippen LogP contribution is 2.37. The number of rotatable bonds is 5. The maximum absolute atomic E-state index is 13.8. The molecule has 0 amide bonds. The van der Waals surface area contributed by atoms with Gasteiger partial charge in [0.25, 0.3) is 11.2 Å². The molecule has 0 saturated heterocycles. The lowest BCUT2D eigenvalue weighted by Crippen LogP contribution is -2.25. The summed E-state index contributed by atoms with van der Waals surface area (Å²) in [4.78, 5) is 24.0. The number of aromatic nitrogens is 3. The summed E-state index contributed by atoms with van der Waals surface area (Å²) in [5.74, 6) is 0.652. The Bertz CT molecular complexity index is 1470. The van der Waals surface area contributed by atoms with Crippen LogP contribution in [-0.4, -0.2) is 14.5 Å². The molecule has 0 saturated carbocycles. The highest BCUT2D eigenvalue weighted by Gasteiger charge is 2.36. The summed E-state index contributed by atoms with van der Waals surface area (Å²) in [6.07, 6.45) is -0.473. The molecule has 9 heteroatoms. The molecule has 2 aromatic heterocycles. The minimum Gasteiger partial charge on any atom is -0.438 e. The van der Waals surface area contributed by atoms with Crippen LogP contribution in [0.25, 0.3) is 16.1 Å². The van der Waals surface area contributed by atoms with E-state index in [2.05, 4.69) is 14.8 Å². The smallest absolute Gasteiger partial charge is 0.407 e. The van der Waals surface area contributed by atoms with Gasteiger partial charge in [0.05, 0.1) is 24.9 Å². The van der Waals surface area contributed by atoms with Crippen molar-refractivity contribution in [3.63, 3.8) is 0 Å². The largest absolute Gasteiger partial charge is 0.438 e. The molecule has 0 aliphatic rings. The third-order valence-electron chi connectivity index (χ3n) is 5.43. The minimum atomic E-state index is -4.86. The molecule has 35 heavy (non-hydrogen) atoms. The average Bonchev–Trinajstić information content (AvgIpc) is 2.82. The highest BCUT2D eigenvalue weighted by atomic mass is 19.4. The van der Waals surface area contributed by atoms with Gasteiger partial charge in [-0.1, -0.05) is 23.8 Å². The molecule has 6 nitrogen and oxygen atoms in total. The summed E-state index contributed by atoms with van der Waals surface area (Å²) < 4.78 is 48.1. The number of alkyl halides is 3. The van der Waals surface area contributed by atoms with Crippen LogP contribution in [0.4, 0.5) is 18.9 Å². The maximum Gasteiger partial charge on any atom is 0.407 e. The van der Waals surface area contributed by atoms with E-state index in [1.807, 2.05) is 32.0 Å². The van der Waals surface area contributed by atoms with Crippen LogP contribution in [0.15, 0.2) is 71.9 Å². The quantitative estimate of drug-likeness (QED) is 0.316. The Labute approximate surface area is 199 Å². The number of aryl methyl sites for hydroxylation is 2. The molecule has 176 valence electrons. The van der Waals surface area contributed by atoms with Crippen molar-refractivity contribution < 1.29 is 17.9 Å². The fourth-order valence-corrected chi connectivity index (χ4v) is 3.70. The van der Waals surface area contributed by atoms with E-state index in [-0.39, 0.29) is 18.1 Å². The van der Waals surface area contributed by atoms with E-state index >= 15 is 0 Å². The van der Waals surface area contributed by atoms with Gasteiger partial charge in [0, 0.05) is 18.1 Å². The molecule has 0 unspecified atom stereocenters. The van der Waals surface area contributed by atoms with Crippen molar-refractivity contribution in [3.05, 3.63) is 111 Å². The highest BCUT2D eigenvalue weighted by molar-refractivity contribution is 5.66. The molecule has 0 fully saturated rings. The summed E-state index contributed by atoms with van der Waals surface area (Å²) in [6.45, 7) is 11.1. The molecule has 0 aliphatic carbocycles. The molecule has 2 heterocycles. The zero-order valence-corrected chi connectivity index (χ0v) is 18.8. The molecule has 0 atom stereocenters. The Morgan fingerprint density at radius 3 is 2.40 bits per heavy atom. The lowest BCUT2D eigenvalue weighted by atomic mass is 10.0. The fourth-order valence-electron chi connectivity index (χ4n) is 3.70. The van der Waals surface area contributed by atoms with E-state index < -0.39 is 23.0 Å². The van der Waals surface area contributed by atoms with Crippen molar-refractivity contribution in [2.45, 2.75) is 26.6 Å². The first-order chi connectivity index (χ1) is 16.7. The molecule has 0 aliphatic heterocycles. The molecule has 4 rings (SSSR count). The lowest BCUT2D eigenvalue weighted by molar-refractivity contribution is -0.136. The predicted octanol–water partition coefficient (Wildman–Crippen LogP) is 6.33. The summed E-state index contributed by atoms with van der Waals surface area (Å²) in [5, 5.41) is 0. The monoisotopic (exact) mass is 476 g/mol. The Hall–Kier alpha value is -4.45. The second-order valence-corrected chi connectivity index (χ2v) is 7.89. The molecule has 0 spiro atoms. The zero-order chi connectivity index (χ0) is 25.2. The van der Waals surface area contributed by atoms with Crippen molar-refractivity contribution in [2.75, 3.05) is 0 Å². The van der Waals surface area contributed by atoms with Gasteiger partial charge in [0.15, 0.2) is 0 Å². The summed E-state index contributed by atoms with van der Waals surface area (Å²) in [5.41, 5.74) is -0.132. The van der Waals surface area contributed by atoms with Crippen LogP contribution in [0.5, 0.6) is 11.6 Å². The standard InChI is InChI=1S/C26H19F3N4O2/c1-16-4-5-19(17(2)12-16)15-33-22(13-21(26(27,28)29)24(30-3)25(33)34)18-6-8-20(9-7-18)35-23-14-31-10-11-32-23/h4-14H,15H2,1-2H3. The van der Waals surface area contributed by atoms with Gasteiger partial charge in [0.2, 0.25) is 5.88 Å². The normalized spacial score (nSPS) is 11.2. The topological polar surface area (TPSA) is 61.4 Å². The zero-order valence-electron chi connectivity index (χ0n) is 18.8. The van der Waals surface area contributed by atoms with E-state index in [4.69, 9.17) is 11.3 Å². The van der Waals surface area contributed by atoms with Gasteiger partial charge in [0.1, 0.15) is 5.75 Å². The van der Waals surface area contributed by atoms with E-state index in [9.17, 15) is 18.0 Å². The number of nitrogens with zero attached hydrogens (tertiary/aromatic N) is 4. The Morgan fingerprint density at radius 2 is 1.80 bits per heavy atom. The number of hydrogen-bond acceptors (Lipinski definition) is 4. The Balaban J connectivity index is 1.84. The van der Waals surface area contributed by atoms with Gasteiger partial charge in [-0.25, -0.2) is 9.83 Å². The van der Waals surface area contributed by atoms with Crippen molar-refractivity contribution in [3.8, 4) is 22.9 Å². The predicted molar refractivity (Wildman–Crippen MR) is 125 cm³/mol. The SMILES string of the molecule is [C-]#[N+]c1c(C(F)(F)F)cc(-c2ccc(Oc3cnccn3)cc2)n(Cc2ccc(C)cc2C)c1=O. The third-order valence-corrected chi connectivity index (χ3v) is 5.43. The molecule has 2 aromatic carbocycles. The Kier molecular flexibility index (Phi) is 6.38. The van der Waals surface area contributed by atoms with Crippen molar-refractivity contribution in [1.82, 2.24) is 14.5 Å². The summed E-state index contributed by atoms with van der Waals surface area (Å²) in [7, 11) is 0. The second-order valence-electron chi connectivity index (χ2n) is 7.89. The number of pyridine rings is 1. The van der Waals surface area contributed by atoms with Crippen LogP contribution in [0.3, 0.4) is 0 Å². The van der Waals surface area contributed by atoms with Gasteiger partial charge in [-0.2, -0.15) is 13.2 Å². The van der Waals surface area contributed by atoms with Crippen molar-refractivity contribution >= 4 is 5.69 Å². The van der Waals surface area contributed by atoms with Crippen molar-refractivity contribution in [2.24, 2.45) is 0 Å². The molecular formula is C26H19F3N4O2. The third kappa shape index (κ3) is 5.06. The number of halogens is 3. The van der Waals surface area contributed by atoms with Gasteiger partial charge >= 0.3 is 6.18 Å². The minimum absolute atomic E-state index is 0.0127. The van der Waals surface area contributed by atoms with Crippen molar-refractivity contribution in [1.29, 1.82) is 0 Å². The van der Waals surface area contributed by atoms with Crippen LogP contribution in [-0.2, 0) is 12.7 Å². The first kappa shape index (κ1) is 23.7. The van der Waals surface area contributed by atoms with Gasteiger partial charge in [-0.15, -0.1) is 0 Å². The summed E-state index contributed by atoms with van der Waals surface area (Å²) in [6, 6.07) is 12.7. The van der Waals surface area contributed by atoms with Crippen LogP contribution in [0.2, 0.25) is 0 Å². The van der Waals surface area contributed by atoms with E-state index in [0.29, 0.717) is 11.3 Å². The van der Waals surface area contributed by atoms with Crippen LogP contribution < -0.4 is 10.3 Å². The fraction of sp³-hybridized carbons (Fsp3) is 0.154. The van der Waals surface area contributed by atoms with Gasteiger partial charge in [-0.05, 0) is 60.9 Å². The number of hydrogen-bond donors (Lipinski definition) is 0. The van der Waals surface area contributed by atoms with E-state index in [1.165, 1.54) is 23.2 Å². The van der Waals surface area contributed by atoms with Gasteiger partial charge < -0.3 is 9.30 Å². The second kappa shape index (κ2) is 9.43. The molecule has 0 N–H and O–H groups in total. The average molecular weight is 476 g/mol. The molecule has 0 radical (unpaired) electrons. The Morgan fingerprint density at radius 1 is 1.06 bits per heavy atom. The van der Waals surface area contributed by atoms with Crippen LogP contribution in [0, 0.1) is 20.4 Å².